The van der Waals surface area contributed by atoms with Crippen molar-refractivity contribution in [3.05, 3.63) is 83.7 Å². The summed E-state index contributed by atoms with van der Waals surface area (Å²) in [5.41, 5.74) is 2.81. The molecule has 6 heteroatoms. The van der Waals surface area contributed by atoms with Gasteiger partial charge in [0, 0.05) is 52.4 Å². The minimum Gasteiger partial charge on any atom is -0.363 e. The summed E-state index contributed by atoms with van der Waals surface area (Å²) in [6, 6.07) is 19.5. The Kier molecular flexibility index (Phi) is 6.80. The Morgan fingerprint density at radius 1 is 0.900 bits per heavy atom. The average molecular weight is 402 g/mol. The van der Waals surface area contributed by atoms with E-state index in [0.717, 1.165) is 34.3 Å². The topological polar surface area (TPSA) is 61.4 Å². The largest absolute Gasteiger partial charge is 0.363 e. The van der Waals surface area contributed by atoms with Crippen molar-refractivity contribution in [3.8, 4) is 0 Å². The van der Waals surface area contributed by atoms with Crippen LogP contribution in [-0.4, -0.2) is 44.1 Å². The van der Waals surface area contributed by atoms with Gasteiger partial charge in [-0.2, -0.15) is 0 Å². The predicted molar refractivity (Wildman–Crippen MR) is 124 cm³/mol. The van der Waals surface area contributed by atoms with Crippen molar-refractivity contribution in [1.82, 2.24) is 9.97 Å². The summed E-state index contributed by atoms with van der Waals surface area (Å²) in [5.74, 6) is 2.34. The average Bonchev–Trinajstić information content (AvgIpc) is 2.74. The second-order valence-corrected chi connectivity index (χ2v) is 7.40. The van der Waals surface area contributed by atoms with Crippen LogP contribution in [0.3, 0.4) is 0 Å². The van der Waals surface area contributed by atoms with E-state index in [1.54, 1.807) is 6.08 Å². The molecule has 1 amide bonds. The number of rotatable bonds is 7. The van der Waals surface area contributed by atoms with Crippen LogP contribution in [0.2, 0.25) is 0 Å². The Labute approximate surface area is 177 Å². The summed E-state index contributed by atoms with van der Waals surface area (Å²) in [6.07, 6.45) is 3.94. The fraction of sp³-hybridized carbons (Fsp3) is 0.208. The van der Waals surface area contributed by atoms with Crippen molar-refractivity contribution in [3.63, 3.8) is 0 Å². The molecule has 1 aromatic heterocycles. The van der Waals surface area contributed by atoms with E-state index in [4.69, 9.17) is 0 Å². The molecular weight excluding hydrogens is 374 g/mol. The summed E-state index contributed by atoms with van der Waals surface area (Å²) in [5, 5.41) is 2.88. The van der Waals surface area contributed by atoms with Crippen LogP contribution >= 0.6 is 0 Å². The highest BCUT2D eigenvalue weighted by Crippen LogP contribution is 2.18. The summed E-state index contributed by atoms with van der Waals surface area (Å²) >= 11 is 0. The van der Waals surface area contributed by atoms with Crippen molar-refractivity contribution in [1.29, 1.82) is 0 Å². The first-order chi connectivity index (χ1) is 14.4. The van der Waals surface area contributed by atoms with E-state index in [0.29, 0.717) is 6.42 Å². The van der Waals surface area contributed by atoms with E-state index in [1.165, 1.54) is 6.08 Å². The van der Waals surface area contributed by atoms with Gasteiger partial charge in [-0.05, 0) is 29.3 Å². The van der Waals surface area contributed by atoms with Gasteiger partial charge in [0.2, 0.25) is 5.91 Å². The number of hydrogen-bond acceptors (Lipinski definition) is 5. The van der Waals surface area contributed by atoms with Gasteiger partial charge >= 0.3 is 0 Å². The van der Waals surface area contributed by atoms with E-state index in [-0.39, 0.29) is 5.91 Å². The van der Waals surface area contributed by atoms with Gasteiger partial charge in [0.05, 0.1) is 0 Å². The van der Waals surface area contributed by atoms with Gasteiger partial charge in [-0.1, -0.05) is 42.5 Å². The molecule has 0 aliphatic rings. The van der Waals surface area contributed by atoms with Gasteiger partial charge in [-0.15, -0.1) is 0 Å². The Morgan fingerprint density at radius 2 is 1.50 bits per heavy atom. The quantitative estimate of drug-likeness (QED) is 0.610. The molecule has 6 nitrogen and oxygen atoms in total. The van der Waals surface area contributed by atoms with E-state index in [1.807, 2.05) is 98.7 Å². The fourth-order valence-electron chi connectivity index (χ4n) is 2.82. The molecular formula is C24H27N5O. The van der Waals surface area contributed by atoms with Crippen molar-refractivity contribution in [2.75, 3.05) is 43.3 Å². The maximum Gasteiger partial charge on any atom is 0.248 e. The molecule has 3 aromatic rings. The molecule has 1 N–H and O–H groups in total. The molecule has 154 valence electrons. The van der Waals surface area contributed by atoms with Crippen molar-refractivity contribution < 1.29 is 4.79 Å². The number of nitrogens with one attached hydrogen (secondary N) is 1. The number of hydrogen-bond donors (Lipinski definition) is 1. The molecule has 1 heterocycles. The highest BCUT2D eigenvalue weighted by molar-refractivity contribution is 6.01. The van der Waals surface area contributed by atoms with Gasteiger partial charge in [0.25, 0.3) is 0 Å². The van der Waals surface area contributed by atoms with Crippen molar-refractivity contribution >= 4 is 29.3 Å². The summed E-state index contributed by atoms with van der Waals surface area (Å²) < 4.78 is 0. The second-order valence-electron chi connectivity index (χ2n) is 7.40. The molecule has 0 aliphatic heterocycles. The van der Waals surface area contributed by atoms with Crippen molar-refractivity contribution in [2.45, 2.75) is 6.42 Å². The molecule has 3 rings (SSSR count). The van der Waals surface area contributed by atoms with Gasteiger partial charge in [-0.3, -0.25) is 4.79 Å². The summed E-state index contributed by atoms with van der Waals surface area (Å²) in [4.78, 5) is 25.4. The smallest absolute Gasteiger partial charge is 0.248 e. The zero-order chi connectivity index (χ0) is 21.5. The van der Waals surface area contributed by atoms with Crippen LogP contribution in [0.5, 0.6) is 0 Å². The monoisotopic (exact) mass is 401 g/mol. The first kappa shape index (κ1) is 21.0. The minimum absolute atomic E-state index is 0.163. The van der Waals surface area contributed by atoms with Crippen LogP contribution in [0, 0.1) is 0 Å². The Balaban J connectivity index is 1.66. The third-order valence-electron chi connectivity index (χ3n) is 4.47. The van der Waals surface area contributed by atoms with Crippen LogP contribution < -0.4 is 15.1 Å². The molecule has 0 fully saturated rings. The summed E-state index contributed by atoms with van der Waals surface area (Å²) in [7, 11) is 7.87. The lowest BCUT2D eigenvalue weighted by Gasteiger charge is -2.17. The van der Waals surface area contributed by atoms with Crippen LogP contribution in [0.15, 0.2) is 66.7 Å². The molecule has 0 saturated heterocycles. The zero-order valence-electron chi connectivity index (χ0n) is 17.8. The van der Waals surface area contributed by atoms with Crippen LogP contribution in [0.25, 0.3) is 6.08 Å². The van der Waals surface area contributed by atoms with E-state index >= 15 is 0 Å². The number of carbonyl (C=O) groups is 1. The maximum absolute atomic E-state index is 12.1. The van der Waals surface area contributed by atoms with E-state index in [9.17, 15) is 4.79 Å². The van der Waals surface area contributed by atoms with Crippen molar-refractivity contribution in [2.24, 2.45) is 0 Å². The number of benzene rings is 2. The normalized spacial score (nSPS) is 10.8. The Morgan fingerprint density at radius 3 is 2.07 bits per heavy atom. The summed E-state index contributed by atoms with van der Waals surface area (Å²) in [6.45, 7) is 0. The number of nitrogens with zero attached hydrogens (tertiary/aromatic N) is 4. The standard InChI is InChI=1S/C24H27N5O/c1-28(2)22-17-23(29(3)4)27-21(26-22)16-19-10-13-20(14-11-19)25-24(30)15-12-18-8-6-5-7-9-18/h5-15,17H,16H2,1-4H3,(H,25,30)/b15-12+. The number of aromatic nitrogens is 2. The highest BCUT2D eigenvalue weighted by atomic mass is 16.1. The zero-order valence-corrected chi connectivity index (χ0v) is 17.8. The highest BCUT2D eigenvalue weighted by Gasteiger charge is 2.09. The lowest BCUT2D eigenvalue weighted by Crippen LogP contribution is -2.17. The van der Waals surface area contributed by atoms with Crippen LogP contribution in [0.4, 0.5) is 17.3 Å². The molecule has 0 unspecified atom stereocenters. The molecule has 0 radical (unpaired) electrons. The van der Waals surface area contributed by atoms with Crippen LogP contribution in [0.1, 0.15) is 17.0 Å². The SMILES string of the molecule is CN(C)c1cc(N(C)C)nc(Cc2ccc(NC(=O)/C=C/c3ccccc3)cc2)n1. The number of amides is 1. The Bertz CT molecular complexity index is 985. The molecule has 0 atom stereocenters. The molecule has 2 aromatic carbocycles. The first-order valence-corrected chi connectivity index (χ1v) is 9.76. The van der Waals surface area contributed by atoms with Gasteiger partial charge < -0.3 is 15.1 Å². The predicted octanol–water partition coefficient (Wildman–Crippen LogP) is 3.85. The minimum atomic E-state index is -0.163. The fourth-order valence-corrected chi connectivity index (χ4v) is 2.82. The molecule has 0 saturated carbocycles. The Hall–Kier alpha value is -3.67. The van der Waals surface area contributed by atoms with Crippen LogP contribution in [-0.2, 0) is 11.2 Å². The third-order valence-corrected chi connectivity index (χ3v) is 4.47. The third kappa shape index (κ3) is 5.91. The van der Waals surface area contributed by atoms with Gasteiger partial charge in [0.15, 0.2) is 0 Å². The van der Waals surface area contributed by atoms with Gasteiger partial charge in [-0.25, -0.2) is 9.97 Å². The lowest BCUT2D eigenvalue weighted by molar-refractivity contribution is -0.111. The van der Waals surface area contributed by atoms with Gasteiger partial charge in [0.1, 0.15) is 17.5 Å². The van der Waals surface area contributed by atoms with E-state index in [2.05, 4.69) is 15.3 Å². The second kappa shape index (κ2) is 9.69. The molecule has 0 aliphatic carbocycles. The first-order valence-electron chi connectivity index (χ1n) is 9.76. The molecule has 0 spiro atoms. The molecule has 30 heavy (non-hydrogen) atoms. The lowest BCUT2D eigenvalue weighted by atomic mass is 10.1. The number of anilines is 3. The van der Waals surface area contributed by atoms with E-state index < -0.39 is 0 Å². The molecule has 0 bridgehead atoms. The maximum atomic E-state index is 12.1. The number of carbonyl (C=O) groups excluding carboxylic acids is 1.